The van der Waals surface area contributed by atoms with E-state index in [1.165, 1.54) is 6.92 Å². The van der Waals surface area contributed by atoms with Crippen molar-refractivity contribution in [1.29, 1.82) is 0 Å². The van der Waals surface area contributed by atoms with Crippen molar-refractivity contribution in [2.45, 2.75) is 6.92 Å². The van der Waals surface area contributed by atoms with Gasteiger partial charge in [-0.1, -0.05) is 23.7 Å². The number of thiazole rings is 1. The Bertz CT molecular complexity index is 874. The lowest BCUT2D eigenvalue weighted by molar-refractivity contribution is -0.117. The predicted molar refractivity (Wildman–Crippen MR) is 100 cm³/mol. The summed E-state index contributed by atoms with van der Waals surface area (Å²) >= 11 is 12.8. The van der Waals surface area contributed by atoms with Gasteiger partial charge < -0.3 is 10.6 Å². The SMILES string of the molecule is CC(=O)NC(=S)Nc1ccc(Cl)cc1-c1nc2ccccc2s1. The summed E-state index contributed by atoms with van der Waals surface area (Å²) in [5.74, 6) is -0.224. The third-order valence-electron chi connectivity index (χ3n) is 3.04. The Hall–Kier alpha value is -2.02. The molecule has 2 aromatic carbocycles. The Labute approximate surface area is 147 Å². The molecular formula is C16H12ClN3OS2. The molecule has 23 heavy (non-hydrogen) atoms. The van der Waals surface area contributed by atoms with Crippen LogP contribution in [0.1, 0.15) is 6.92 Å². The fourth-order valence-electron chi connectivity index (χ4n) is 2.10. The Morgan fingerprint density at radius 2 is 2.04 bits per heavy atom. The van der Waals surface area contributed by atoms with Crippen LogP contribution in [0.25, 0.3) is 20.8 Å². The first kappa shape index (κ1) is 15.9. The molecule has 0 bridgehead atoms. The van der Waals surface area contributed by atoms with E-state index in [4.69, 9.17) is 23.8 Å². The van der Waals surface area contributed by atoms with E-state index in [-0.39, 0.29) is 11.0 Å². The third kappa shape index (κ3) is 3.67. The van der Waals surface area contributed by atoms with Gasteiger partial charge in [0.25, 0.3) is 0 Å². The van der Waals surface area contributed by atoms with Gasteiger partial charge >= 0.3 is 0 Å². The van der Waals surface area contributed by atoms with Gasteiger partial charge in [0.1, 0.15) is 5.01 Å². The van der Waals surface area contributed by atoms with E-state index in [9.17, 15) is 4.79 Å². The number of nitrogens with zero attached hydrogens (tertiary/aromatic N) is 1. The van der Waals surface area contributed by atoms with Crippen LogP contribution in [0.15, 0.2) is 42.5 Å². The summed E-state index contributed by atoms with van der Waals surface area (Å²) in [5.41, 5.74) is 2.52. The second kappa shape index (κ2) is 6.62. The monoisotopic (exact) mass is 361 g/mol. The highest BCUT2D eigenvalue weighted by molar-refractivity contribution is 7.80. The molecule has 0 radical (unpaired) electrons. The molecule has 0 aliphatic heterocycles. The molecule has 0 spiro atoms. The molecule has 0 fully saturated rings. The number of hydrogen-bond donors (Lipinski definition) is 2. The molecule has 3 aromatic rings. The summed E-state index contributed by atoms with van der Waals surface area (Å²) in [5, 5.41) is 7.24. The molecule has 1 heterocycles. The minimum Gasteiger partial charge on any atom is -0.332 e. The molecule has 1 aromatic heterocycles. The van der Waals surface area contributed by atoms with Crippen LogP contribution in [-0.2, 0) is 4.79 Å². The number of carbonyl (C=O) groups is 1. The molecule has 2 N–H and O–H groups in total. The summed E-state index contributed by atoms with van der Waals surface area (Å²) in [7, 11) is 0. The molecular weight excluding hydrogens is 350 g/mol. The van der Waals surface area contributed by atoms with Crippen LogP contribution in [-0.4, -0.2) is 16.0 Å². The van der Waals surface area contributed by atoms with Crippen molar-refractivity contribution < 1.29 is 4.79 Å². The lowest BCUT2D eigenvalue weighted by Crippen LogP contribution is -2.32. The van der Waals surface area contributed by atoms with Crippen molar-refractivity contribution in [3.63, 3.8) is 0 Å². The minimum absolute atomic E-state index is 0.224. The zero-order valence-corrected chi connectivity index (χ0v) is 14.5. The van der Waals surface area contributed by atoms with Gasteiger partial charge in [0.2, 0.25) is 5.91 Å². The number of thiocarbonyl (C=S) groups is 1. The number of rotatable bonds is 2. The number of aromatic nitrogens is 1. The maximum absolute atomic E-state index is 11.1. The lowest BCUT2D eigenvalue weighted by atomic mass is 10.2. The van der Waals surface area contributed by atoms with Gasteiger partial charge in [-0.25, -0.2) is 4.98 Å². The van der Waals surface area contributed by atoms with Crippen LogP contribution in [0.5, 0.6) is 0 Å². The molecule has 3 rings (SSSR count). The van der Waals surface area contributed by atoms with Gasteiger partial charge in [0, 0.05) is 17.5 Å². The fraction of sp³-hybridized carbons (Fsp3) is 0.0625. The largest absolute Gasteiger partial charge is 0.332 e. The predicted octanol–water partition coefficient (Wildman–Crippen LogP) is 4.45. The number of benzene rings is 2. The van der Waals surface area contributed by atoms with Gasteiger partial charge in [-0.05, 0) is 42.5 Å². The zero-order valence-electron chi connectivity index (χ0n) is 12.1. The van der Waals surface area contributed by atoms with Crippen molar-refractivity contribution >= 4 is 62.1 Å². The van der Waals surface area contributed by atoms with E-state index in [2.05, 4.69) is 15.6 Å². The maximum atomic E-state index is 11.1. The fourth-order valence-corrected chi connectivity index (χ4v) is 3.53. The summed E-state index contributed by atoms with van der Waals surface area (Å²) < 4.78 is 1.10. The van der Waals surface area contributed by atoms with Crippen molar-refractivity contribution in [3.8, 4) is 10.6 Å². The first-order valence-corrected chi connectivity index (χ1v) is 8.37. The molecule has 0 atom stereocenters. The minimum atomic E-state index is -0.224. The van der Waals surface area contributed by atoms with Crippen molar-refractivity contribution in [2.24, 2.45) is 0 Å². The number of halogens is 1. The number of para-hydroxylation sites is 1. The third-order valence-corrected chi connectivity index (χ3v) is 4.55. The topological polar surface area (TPSA) is 54.0 Å². The van der Waals surface area contributed by atoms with E-state index in [1.807, 2.05) is 36.4 Å². The van der Waals surface area contributed by atoms with Crippen LogP contribution in [0.2, 0.25) is 5.02 Å². The summed E-state index contributed by atoms with van der Waals surface area (Å²) in [6.45, 7) is 1.41. The van der Waals surface area contributed by atoms with Crippen molar-refractivity contribution in [2.75, 3.05) is 5.32 Å². The standard InChI is InChI=1S/C16H12ClN3OS2/c1-9(21)18-16(22)20-12-7-6-10(17)8-11(12)15-19-13-4-2-3-5-14(13)23-15/h2-8H,1H3,(H2,18,20,21,22). The van der Waals surface area contributed by atoms with E-state index in [0.29, 0.717) is 5.02 Å². The Morgan fingerprint density at radius 1 is 1.26 bits per heavy atom. The van der Waals surface area contributed by atoms with Gasteiger partial charge in [-0.3, -0.25) is 4.79 Å². The second-order valence-corrected chi connectivity index (χ2v) is 6.69. The average Bonchev–Trinajstić information content (AvgIpc) is 2.92. The highest BCUT2D eigenvalue weighted by Gasteiger charge is 2.12. The van der Waals surface area contributed by atoms with Gasteiger partial charge in [0.05, 0.1) is 15.9 Å². The molecule has 0 aliphatic carbocycles. The van der Waals surface area contributed by atoms with Crippen LogP contribution in [0.3, 0.4) is 0 Å². The number of carbonyl (C=O) groups excluding carboxylic acids is 1. The first-order chi connectivity index (χ1) is 11.0. The maximum Gasteiger partial charge on any atom is 0.222 e. The molecule has 7 heteroatoms. The second-order valence-electron chi connectivity index (χ2n) is 4.81. The van der Waals surface area contributed by atoms with Crippen LogP contribution in [0, 0.1) is 0 Å². The zero-order chi connectivity index (χ0) is 16.4. The number of hydrogen-bond acceptors (Lipinski definition) is 4. The van der Waals surface area contributed by atoms with Crippen LogP contribution >= 0.6 is 35.2 Å². The van der Waals surface area contributed by atoms with Crippen LogP contribution < -0.4 is 10.6 Å². The van der Waals surface area contributed by atoms with Crippen molar-refractivity contribution in [1.82, 2.24) is 10.3 Å². The average molecular weight is 362 g/mol. The van der Waals surface area contributed by atoms with E-state index < -0.39 is 0 Å². The molecule has 0 unspecified atom stereocenters. The van der Waals surface area contributed by atoms with Gasteiger partial charge in [0.15, 0.2) is 5.11 Å². The van der Waals surface area contributed by atoms with Crippen LogP contribution in [0.4, 0.5) is 5.69 Å². The normalized spacial score (nSPS) is 10.5. The highest BCUT2D eigenvalue weighted by atomic mass is 35.5. The summed E-state index contributed by atoms with van der Waals surface area (Å²) in [6, 6.07) is 13.3. The van der Waals surface area contributed by atoms with E-state index in [1.54, 1.807) is 17.4 Å². The number of anilines is 1. The molecule has 4 nitrogen and oxygen atoms in total. The van der Waals surface area contributed by atoms with Gasteiger partial charge in [-0.2, -0.15) is 0 Å². The summed E-state index contributed by atoms with van der Waals surface area (Å²) in [4.78, 5) is 15.7. The smallest absolute Gasteiger partial charge is 0.222 e. The highest BCUT2D eigenvalue weighted by Crippen LogP contribution is 2.36. The molecule has 116 valence electrons. The quantitative estimate of drug-likeness (QED) is 0.662. The number of amides is 1. The molecule has 0 saturated carbocycles. The van der Waals surface area contributed by atoms with Crippen molar-refractivity contribution in [3.05, 3.63) is 47.5 Å². The Morgan fingerprint density at radius 3 is 2.78 bits per heavy atom. The number of nitrogens with one attached hydrogen (secondary N) is 2. The van der Waals surface area contributed by atoms with E-state index in [0.717, 1.165) is 26.5 Å². The van der Waals surface area contributed by atoms with Gasteiger partial charge in [-0.15, -0.1) is 11.3 Å². The molecule has 1 amide bonds. The lowest BCUT2D eigenvalue weighted by Gasteiger charge is -2.12. The Balaban J connectivity index is 2.01. The molecule has 0 saturated heterocycles. The summed E-state index contributed by atoms with van der Waals surface area (Å²) in [6.07, 6.45) is 0. The Kier molecular flexibility index (Phi) is 4.56. The van der Waals surface area contributed by atoms with E-state index >= 15 is 0 Å². The first-order valence-electron chi connectivity index (χ1n) is 6.77. The molecule has 0 aliphatic rings. The number of fused-ring (bicyclic) bond motifs is 1.